The van der Waals surface area contributed by atoms with Crippen LogP contribution in [0.5, 0.6) is 5.75 Å². The van der Waals surface area contributed by atoms with Crippen molar-refractivity contribution in [2.24, 2.45) is 0 Å². The summed E-state index contributed by atoms with van der Waals surface area (Å²) in [4.78, 5) is 18.5. The van der Waals surface area contributed by atoms with E-state index in [4.69, 9.17) is 14.7 Å². The topological polar surface area (TPSA) is 75.4 Å². The molecule has 1 fully saturated rings. The van der Waals surface area contributed by atoms with Gasteiger partial charge in [0.2, 0.25) is 0 Å². The minimum Gasteiger partial charge on any atom is -0.484 e. The summed E-state index contributed by atoms with van der Waals surface area (Å²) in [6.45, 7) is 8.94. The summed E-state index contributed by atoms with van der Waals surface area (Å²) in [6.07, 6.45) is 2.81. The highest BCUT2D eigenvalue weighted by Gasteiger charge is 2.29. The molecule has 2 aromatic rings. The third-order valence-corrected chi connectivity index (χ3v) is 5.14. The van der Waals surface area contributed by atoms with E-state index in [1.807, 2.05) is 52.0 Å². The molecule has 0 spiro atoms. The van der Waals surface area contributed by atoms with E-state index in [2.05, 4.69) is 17.1 Å². The first-order valence-corrected chi connectivity index (χ1v) is 10.4. The largest absolute Gasteiger partial charge is 0.484 e. The van der Waals surface area contributed by atoms with Crippen LogP contribution in [0.15, 0.2) is 42.6 Å². The number of carbonyl (C=O) groups excluding carboxylic acids is 1. The second-order valence-electron chi connectivity index (χ2n) is 8.62. The highest BCUT2D eigenvalue weighted by atomic mass is 16.6. The highest BCUT2D eigenvalue weighted by Crippen LogP contribution is 2.36. The van der Waals surface area contributed by atoms with Gasteiger partial charge >= 0.3 is 6.09 Å². The van der Waals surface area contributed by atoms with Crippen molar-refractivity contribution in [2.75, 3.05) is 13.1 Å². The smallest absolute Gasteiger partial charge is 0.410 e. The van der Waals surface area contributed by atoms with Crippen LogP contribution in [-0.4, -0.2) is 34.7 Å². The second kappa shape index (κ2) is 9.17. The van der Waals surface area contributed by atoms with Gasteiger partial charge in [0.15, 0.2) is 0 Å². The minimum atomic E-state index is -0.482. The Kier molecular flexibility index (Phi) is 6.61. The number of para-hydroxylation sites is 1. The average molecular weight is 408 g/mol. The van der Waals surface area contributed by atoms with Gasteiger partial charge in [-0.1, -0.05) is 18.2 Å². The highest BCUT2D eigenvalue weighted by molar-refractivity contribution is 5.68. The minimum absolute atomic E-state index is 0.235. The van der Waals surface area contributed by atoms with E-state index in [1.165, 1.54) is 0 Å². The van der Waals surface area contributed by atoms with Gasteiger partial charge in [-0.3, -0.25) is 4.98 Å². The lowest BCUT2D eigenvalue weighted by Crippen LogP contribution is -2.41. The lowest BCUT2D eigenvalue weighted by molar-refractivity contribution is 0.0204. The molecule has 30 heavy (non-hydrogen) atoms. The van der Waals surface area contributed by atoms with Crippen molar-refractivity contribution >= 4 is 6.09 Å². The van der Waals surface area contributed by atoms with Crippen molar-refractivity contribution in [3.8, 4) is 11.8 Å². The zero-order valence-corrected chi connectivity index (χ0v) is 18.1. The molecule has 1 unspecified atom stereocenters. The van der Waals surface area contributed by atoms with E-state index < -0.39 is 5.60 Å². The van der Waals surface area contributed by atoms with Crippen LogP contribution in [0.25, 0.3) is 0 Å². The molecule has 0 N–H and O–H groups in total. The Labute approximate surface area is 178 Å². The fraction of sp³-hybridized carbons (Fsp3) is 0.458. The van der Waals surface area contributed by atoms with Crippen molar-refractivity contribution in [3.63, 3.8) is 0 Å². The van der Waals surface area contributed by atoms with Gasteiger partial charge in [-0.15, -0.1) is 0 Å². The van der Waals surface area contributed by atoms with Gasteiger partial charge in [0, 0.05) is 19.3 Å². The number of likely N-dealkylation sites (tertiary alicyclic amines) is 1. The maximum absolute atomic E-state index is 12.3. The number of amides is 1. The van der Waals surface area contributed by atoms with E-state index in [9.17, 15) is 4.79 Å². The number of piperidine rings is 1. The van der Waals surface area contributed by atoms with E-state index in [-0.39, 0.29) is 12.2 Å². The molecule has 3 rings (SSSR count). The Hall–Kier alpha value is -3.07. The van der Waals surface area contributed by atoms with E-state index in [1.54, 1.807) is 17.2 Å². The van der Waals surface area contributed by atoms with Crippen molar-refractivity contribution in [2.45, 2.75) is 58.2 Å². The molecule has 1 amide bonds. The Morgan fingerprint density at radius 1 is 1.20 bits per heavy atom. The summed E-state index contributed by atoms with van der Waals surface area (Å²) in [7, 11) is 0. The molecular weight excluding hydrogens is 378 g/mol. The third kappa shape index (κ3) is 5.50. The fourth-order valence-electron chi connectivity index (χ4n) is 3.59. The molecule has 0 bridgehead atoms. The standard InChI is InChI=1S/C24H29N3O3/c1-17(21-10-9-18(15-25)16-26-21)29-22-8-6-5-7-20(22)19-11-13-27(14-12-19)23(28)30-24(2,3)4/h5-10,16-17,19H,11-14H2,1-4H3. The molecule has 6 nitrogen and oxygen atoms in total. The normalized spacial score (nSPS) is 15.9. The monoisotopic (exact) mass is 407 g/mol. The van der Waals surface area contributed by atoms with Gasteiger partial charge in [0.1, 0.15) is 23.5 Å². The number of benzene rings is 1. The van der Waals surface area contributed by atoms with Crippen LogP contribution in [-0.2, 0) is 4.74 Å². The number of nitriles is 1. The summed E-state index contributed by atoms with van der Waals surface area (Å²) in [5.41, 5.74) is 1.98. The van der Waals surface area contributed by atoms with Crippen LogP contribution in [0, 0.1) is 11.3 Å². The Balaban J connectivity index is 1.66. The van der Waals surface area contributed by atoms with Crippen LogP contribution in [0.3, 0.4) is 0 Å². The summed E-state index contributed by atoms with van der Waals surface area (Å²) in [5.74, 6) is 1.16. The van der Waals surface area contributed by atoms with Crippen LogP contribution in [0.2, 0.25) is 0 Å². The molecule has 0 aliphatic carbocycles. The van der Waals surface area contributed by atoms with E-state index >= 15 is 0 Å². The Morgan fingerprint density at radius 3 is 2.50 bits per heavy atom. The summed E-state index contributed by atoms with van der Waals surface area (Å²) in [5, 5.41) is 8.94. The predicted molar refractivity (Wildman–Crippen MR) is 114 cm³/mol. The van der Waals surface area contributed by atoms with E-state index in [0.717, 1.165) is 29.8 Å². The first-order chi connectivity index (χ1) is 14.3. The fourth-order valence-corrected chi connectivity index (χ4v) is 3.59. The van der Waals surface area contributed by atoms with Gasteiger partial charge in [-0.05, 0) is 70.2 Å². The summed E-state index contributed by atoms with van der Waals surface area (Å²) >= 11 is 0. The molecule has 1 aliphatic heterocycles. The molecule has 1 aromatic heterocycles. The Bertz CT molecular complexity index is 905. The maximum atomic E-state index is 12.3. The van der Waals surface area contributed by atoms with Gasteiger partial charge in [-0.25, -0.2) is 4.79 Å². The van der Waals surface area contributed by atoms with Crippen molar-refractivity contribution in [1.29, 1.82) is 5.26 Å². The second-order valence-corrected chi connectivity index (χ2v) is 8.62. The first-order valence-electron chi connectivity index (χ1n) is 10.4. The van der Waals surface area contributed by atoms with Crippen molar-refractivity contribution < 1.29 is 14.3 Å². The molecule has 1 aliphatic rings. The van der Waals surface area contributed by atoms with Crippen LogP contribution < -0.4 is 4.74 Å². The number of ether oxygens (including phenoxy) is 2. The van der Waals surface area contributed by atoms with Gasteiger partial charge < -0.3 is 14.4 Å². The first kappa shape index (κ1) is 21.6. The predicted octanol–water partition coefficient (Wildman–Crippen LogP) is 5.21. The number of rotatable bonds is 4. The van der Waals surface area contributed by atoms with Gasteiger partial charge in [-0.2, -0.15) is 5.26 Å². The summed E-state index contributed by atoms with van der Waals surface area (Å²) in [6, 6.07) is 13.7. The molecule has 1 aromatic carbocycles. The number of hydrogen-bond acceptors (Lipinski definition) is 5. The number of hydrogen-bond donors (Lipinski definition) is 0. The number of carbonyl (C=O) groups is 1. The zero-order valence-electron chi connectivity index (χ0n) is 18.1. The van der Waals surface area contributed by atoms with Gasteiger partial charge in [0.05, 0.1) is 11.3 Å². The molecule has 1 saturated heterocycles. The Morgan fingerprint density at radius 2 is 1.90 bits per heavy atom. The molecule has 6 heteroatoms. The molecule has 1 atom stereocenters. The van der Waals surface area contributed by atoms with Gasteiger partial charge in [0.25, 0.3) is 0 Å². The number of nitrogens with zero attached hydrogens (tertiary/aromatic N) is 3. The summed E-state index contributed by atoms with van der Waals surface area (Å²) < 4.78 is 11.7. The number of aromatic nitrogens is 1. The molecule has 158 valence electrons. The van der Waals surface area contributed by atoms with Crippen LogP contribution in [0.4, 0.5) is 4.79 Å². The lowest BCUT2D eigenvalue weighted by Gasteiger charge is -2.34. The maximum Gasteiger partial charge on any atom is 0.410 e. The zero-order chi connectivity index (χ0) is 21.7. The van der Waals surface area contributed by atoms with Crippen molar-refractivity contribution in [3.05, 3.63) is 59.4 Å². The SMILES string of the molecule is CC(Oc1ccccc1C1CCN(C(=O)OC(C)(C)C)CC1)c1ccc(C#N)cn1. The lowest BCUT2D eigenvalue weighted by atomic mass is 9.89. The molecule has 0 saturated carbocycles. The molecule has 2 heterocycles. The third-order valence-electron chi connectivity index (χ3n) is 5.14. The molecule has 0 radical (unpaired) electrons. The van der Waals surface area contributed by atoms with E-state index in [0.29, 0.717) is 24.6 Å². The van der Waals surface area contributed by atoms with Crippen molar-refractivity contribution in [1.82, 2.24) is 9.88 Å². The number of pyridine rings is 1. The average Bonchev–Trinajstić information content (AvgIpc) is 2.73. The van der Waals surface area contributed by atoms with Crippen LogP contribution >= 0.6 is 0 Å². The quantitative estimate of drug-likeness (QED) is 0.696. The molecular formula is C24H29N3O3. The van der Waals surface area contributed by atoms with Crippen LogP contribution in [0.1, 0.15) is 69.4 Å².